The molecule has 24 heavy (non-hydrogen) atoms. The lowest BCUT2D eigenvalue weighted by Gasteiger charge is -2.03. The minimum Gasteiger partial charge on any atom is -0.299 e. The van der Waals surface area contributed by atoms with Gasteiger partial charge in [-0.3, -0.25) is 4.79 Å². The molecule has 1 heteroatoms. The number of ketones is 1. The Hall–Kier alpha value is -0.330. The van der Waals surface area contributed by atoms with Crippen LogP contribution in [0.15, 0.2) is 0 Å². The summed E-state index contributed by atoms with van der Waals surface area (Å²) in [4.78, 5) is 11.7. The van der Waals surface area contributed by atoms with Crippen molar-refractivity contribution in [3.63, 3.8) is 0 Å². The third-order valence-electron chi connectivity index (χ3n) is 4.96. The van der Waals surface area contributed by atoms with Crippen molar-refractivity contribution < 1.29 is 4.79 Å². The zero-order valence-corrected chi connectivity index (χ0v) is 16.9. The molecule has 0 aliphatic rings. The molecule has 0 heterocycles. The second-order valence-corrected chi connectivity index (χ2v) is 7.51. The number of unbranched alkanes of at least 4 members (excludes halogenated alkanes) is 16. The summed E-state index contributed by atoms with van der Waals surface area (Å²) >= 11 is 0. The van der Waals surface area contributed by atoms with Crippen LogP contribution in [0.3, 0.4) is 0 Å². The van der Waals surface area contributed by atoms with E-state index in [1.165, 1.54) is 103 Å². The Balaban J connectivity index is 3.10. The topological polar surface area (TPSA) is 17.1 Å². The minimum atomic E-state index is 0.384. The Labute approximate surface area is 153 Å². The van der Waals surface area contributed by atoms with Gasteiger partial charge in [0, 0.05) is 12.8 Å². The predicted molar refractivity (Wildman–Crippen MR) is 108 cm³/mol. The quantitative estimate of drug-likeness (QED) is 0.204. The second-order valence-electron chi connectivity index (χ2n) is 7.51. The van der Waals surface area contributed by atoms with Crippen molar-refractivity contribution in [2.24, 2.45) is 0 Å². The third-order valence-corrected chi connectivity index (χ3v) is 4.96. The second kappa shape index (κ2) is 20.7. The van der Waals surface area contributed by atoms with E-state index < -0.39 is 0 Å². The van der Waals surface area contributed by atoms with Gasteiger partial charge in [-0.1, -0.05) is 117 Å². The number of rotatable bonds is 20. The zero-order valence-electron chi connectivity index (χ0n) is 16.9. The fourth-order valence-corrected chi connectivity index (χ4v) is 3.25. The zero-order chi connectivity index (χ0) is 17.7. The lowest BCUT2D eigenvalue weighted by atomic mass is 10.0. The van der Waals surface area contributed by atoms with Crippen LogP contribution in [0.5, 0.6) is 0 Å². The molecule has 0 rings (SSSR count). The maximum absolute atomic E-state index is 11.7. The van der Waals surface area contributed by atoms with Crippen LogP contribution in [-0.2, 0) is 4.79 Å². The van der Waals surface area contributed by atoms with E-state index in [1.54, 1.807) is 0 Å². The number of Topliss-reactive ketones (excluding diaryl/α,β-unsaturated/α-hetero) is 1. The summed E-state index contributed by atoms with van der Waals surface area (Å²) in [5.41, 5.74) is 0. The summed E-state index contributed by atoms with van der Waals surface area (Å²) in [6, 6.07) is 0. The van der Waals surface area contributed by atoms with E-state index in [9.17, 15) is 4.79 Å². The molecule has 0 fully saturated rings. The highest BCUT2D eigenvalue weighted by molar-refractivity contribution is 5.86. The molecular weight excluding hydrogens is 292 g/mol. The van der Waals surface area contributed by atoms with Gasteiger partial charge in [0.2, 0.25) is 0 Å². The number of hydrogen-bond acceptors (Lipinski definition) is 1. The molecule has 0 aromatic carbocycles. The molecule has 0 unspecified atom stereocenters. The van der Waals surface area contributed by atoms with Gasteiger partial charge in [0.25, 0.3) is 0 Å². The summed E-state index contributed by atoms with van der Waals surface area (Å²) in [7, 11) is 0. The normalized spacial score (nSPS) is 11.1. The Morgan fingerprint density at radius 3 is 1.38 bits per heavy atom. The molecular formula is C23H45O. The van der Waals surface area contributed by atoms with Crippen LogP contribution in [0, 0.1) is 6.42 Å². The van der Waals surface area contributed by atoms with Gasteiger partial charge in [-0.15, -0.1) is 0 Å². The van der Waals surface area contributed by atoms with Gasteiger partial charge in [0.05, 0.1) is 0 Å². The van der Waals surface area contributed by atoms with E-state index >= 15 is 0 Å². The van der Waals surface area contributed by atoms with E-state index in [1.807, 2.05) is 6.42 Å². The van der Waals surface area contributed by atoms with Gasteiger partial charge in [-0.25, -0.2) is 0 Å². The smallest absolute Gasteiger partial charge is 0.136 e. The summed E-state index contributed by atoms with van der Waals surface area (Å²) in [6.45, 7) is 4.51. The van der Waals surface area contributed by atoms with E-state index in [0.717, 1.165) is 19.3 Å². The highest BCUT2D eigenvalue weighted by Crippen LogP contribution is 2.13. The predicted octanol–water partition coefficient (Wildman–Crippen LogP) is 8.21. The summed E-state index contributed by atoms with van der Waals surface area (Å²) in [5.74, 6) is 0.384. The van der Waals surface area contributed by atoms with Gasteiger partial charge >= 0.3 is 0 Å². The molecule has 0 aromatic rings. The summed E-state index contributed by atoms with van der Waals surface area (Å²) in [5, 5.41) is 0. The summed E-state index contributed by atoms with van der Waals surface area (Å²) < 4.78 is 0. The molecule has 0 spiro atoms. The Morgan fingerprint density at radius 1 is 0.542 bits per heavy atom. The van der Waals surface area contributed by atoms with Crippen molar-refractivity contribution in [2.75, 3.05) is 0 Å². The molecule has 0 atom stereocenters. The van der Waals surface area contributed by atoms with Gasteiger partial charge in [0.1, 0.15) is 5.78 Å². The average molecular weight is 338 g/mol. The molecule has 0 saturated heterocycles. The molecule has 0 aliphatic heterocycles. The van der Waals surface area contributed by atoms with E-state index in [4.69, 9.17) is 0 Å². The number of carbonyl (C=O) groups excluding carboxylic acids is 1. The van der Waals surface area contributed by atoms with Crippen LogP contribution < -0.4 is 0 Å². The van der Waals surface area contributed by atoms with Gasteiger partial charge in [-0.05, 0) is 12.8 Å². The fraction of sp³-hybridized carbons (Fsp3) is 0.913. The van der Waals surface area contributed by atoms with Crippen LogP contribution in [0.4, 0.5) is 0 Å². The van der Waals surface area contributed by atoms with Crippen LogP contribution in [0.25, 0.3) is 0 Å². The van der Waals surface area contributed by atoms with Crippen LogP contribution in [-0.4, -0.2) is 5.78 Å². The molecule has 0 aromatic heterocycles. The standard InChI is InChI=1S/C23H45O/c1-3-5-7-9-10-11-12-13-14-15-16-18-20-22-23(24)21-19-17-8-6-4-2/h22H,3-21H2,1-2H3. The third kappa shape index (κ3) is 19.7. The van der Waals surface area contributed by atoms with E-state index in [0.29, 0.717) is 5.78 Å². The Bertz CT molecular complexity index is 246. The first-order chi connectivity index (χ1) is 11.8. The van der Waals surface area contributed by atoms with Crippen molar-refractivity contribution in [1.82, 2.24) is 0 Å². The Kier molecular flexibility index (Phi) is 20.4. The lowest BCUT2D eigenvalue weighted by molar-refractivity contribution is -0.116. The lowest BCUT2D eigenvalue weighted by Crippen LogP contribution is -1.98. The maximum Gasteiger partial charge on any atom is 0.136 e. The van der Waals surface area contributed by atoms with E-state index in [2.05, 4.69) is 13.8 Å². The van der Waals surface area contributed by atoms with Crippen LogP contribution >= 0.6 is 0 Å². The molecule has 1 nitrogen and oxygen atoms in total. The monoisotopic (exact) mass is 337 g/mol. The molecule has 0 bridgehead atoms. The Morgan fingerprint density at radius 2 is 0.917 bits per heavy atom. The highest BCUT2D eigenvalue weighted by atomic mass is 16.1. The first kappa shape index (κ1) is 23.7. The average Bonchev–Trinajstić information content (AvgIpc) is 2.59. The summed E-state index contributed by atoms with van der Waals surface area (Å²) in [6.07, 6.45) is 26.6. The van der Waals surface area contributed by atoms with E-state index in [-0.39, 0.29) is 0 Å². The van der Waals surface area contributed by atoms with Crippen molar-refractivity contribution >= 4 is 5.78 Å². The van der Waals surface area contributed by atoms with Gasteiger partial charge < -0.3 is 0 Å². The van der Waals surface area contributed by atoms with Crippen molar-refractivity contribution in [3.8, 4) is 0 Å². The first-order valence-corrected chi connectivity index (χ1v) is 11.2. The molecule has 0 amide bonds. The minimum absolute atomic E-state index is 0.384. The molecule has 0 N–H and O–H groups in total. The van der Waals surface area contributed by atoms with Crippen LogP contribution in [0.2, 0.25) is 0 Å². The molecule has 1 radical (unpaired) electrons. The molecule has 0 saturated carbocycles. The maximum atomic E-state index is 11.7. The fourth-order valence-electron chi connectivity index (χ4n) is 3.25. The van der Waals surface area contributed by atoms with Crippen molar-refractivity contribution in [1.29, 1.82) is 0 Å². The van der Waals surface area contributed by atoms with Gasteiger partial charge in [0.15, 0.2) is 0 Å². The van der Waals surface area contributed by atoms with Crippen molar-refractivity contribution in [2.45, 2.75) is 136 Å². The molecule has 0 aliphatic carbocycles. The largest absolute Gasteiger partial charge is 0.299 e. The van der Waals surface area contributed by atoms with Crippen molar-refractivity contribution in [3.05, 3.63) is 6.42 Å². The SMILES string of the molecule is CCCCCCCCCCCCCC[CH]C(=O)CCCCCCC. The number of carbonyl (C=O) groups is 1. The van der Waals surface area contributed by atoms with Gasteiger partial charge in [-0.2, -0.15) is 0 Å². The highest BCUT2D eigenvalue weighted by Gasteiger charge is 2.02. The first-order valence-electron chi connectivity index (χ1n) is 11.2. The van der Waals surface area contributed by atoms with Crippen LogP contribution in [0.1, 0.15) is 136 Å². The molecule has 143 valence electrons. The number of hydrogen-bond donors (Lipinski definition) is 0.